The highest BCUT2D eigenvalue weighted by Gasteiger charge is 2.18. The minimum absolute atomic E-state index is 0.0111. The highest BCUT2D eigenvalue weighted by Crippen LogP contribution is 2.27. The van der Waals surface area contributed by atoms with E-state index in [1.165, 1.54) is 25.7 Å². The molecule has 4 heteroatoms. The van der Waals surface area contributed by atoms with E-state index in [9.17, 15) is 9.59 Å². The highest BCUT2D eigenvalue weighted by atomic mass is 16.2. The van der Waals surface area contributed by atoms with Crippen molar-refractivity contribution >= 4 is 23.2 Å². The summed E-state index contributed by atoms with van der Waals surface area (Å²) in [7, 11) is 0. The summed E-state index contributed by atoms with van der Waals surface area (Å²) in [5.41, 5.74) is 1.54. The minimum Gasteiger partial charge on any atom is -0.326 e. The van der Waals surface area contributed by atoms with E-state index in [0.717, 1.165) is 11.4 Å². The lowest BCUT2D eigenvalue weighted by molar-refractivity contribution is -0.117. The molecular formula is C16H22N2O2. The lowest BCUT2D eigenvalue weighted by atomic mass is 10.0. The van der Waals surface area contributed by atoms with Crippen LogP contribution in [-0.4, -0.2) is 11.8 Å². The van der Waals surface area contributed by atoms with Crippen molar-refractivity contribution in [1.82, 2.24) is 0 Å². The van der Waals surface area contributed by atoms with Crippen molar-refractivity contribution in [1.29, 1.82) is 0 Å². The Hall–Kier alpha value is -1.84. The maximum Gasteiger partial charge on any atom is 0.224 e. The van der Waals surface area contributed by atoms with Crippen molar-refractivity contribution in [2.45, 2.75) is 45.4 Å². The lowest BCUT2D eigenvalue weighted by Gasteiger charge is -2.10. The van der Waals surface area contributed by atoms with Gasteiger partial charge in [0, 0.05) is 24.2 Å². The molecule has 0 aliphatic heterocycles. The van der Waals surface area contributed by atoms with Gasteiger partial charge in [-0.15, -0.1) is 0 Å². The summed E-state index contributed by atoms with van der Waals surface area (Å²) in [6.07, 6.45) is 5.94. The fourth-order valence-electron chi connectivity index (χ4n) is 2.57. The van der Waals surface area contributed by atoms with E-state index in [4.69, 9.17) is 0 Å². The zero-order chi connectivity index (χ0) is 14.4. The van der Waals surface area contributed by atoms with Crippen molar-refractivity contribution < 1.29 is 9.59 Å². The second-order valence-electron chi connectivity index (χ2n) is 5.38. The van der Waals surface area contributed by atoms with Gasteiger partial charge >= 0.3 is 0 Å². The van der Waals surface area contributed by atoms with Crippen molar-refractivity contribution in [3.63, 3.8) is 0 Å². The summed E-state index contributed by atoms with van der Waals surface area (Å²) in [4.78, 5) is 23.2. The van der Waals surface area contributed by atoms with Crippen LogP contribution in [0.2, 0.25) is 0 Å². The van der Waals surface area contributed by atoms with Gasteiger partial charge in [0.2, 0.25) is 11.8 Å². The van der Waals surface area contributed by atoms with Crippen LogP contribution in [-0.2, 0) is 9.59 Å². The Morgan fingerprint density at radius 1 is 1.00 bits per heavy atom. The van der Waals surface area contributed by atoms with E-state index in [0.29, 0.717) is 18.8 Å². The van der Waals surface area contributed by atoms with Crippen LogP contribution in [0.25, 0.3) is 0 Å². The third kappa shape index (κ3) is 4.37. The van der Waals surface area contributed by atoms with Crippen molar-refractivity contribution in [3.05, 3.63) is 24.3 Å². The summed E-state index contributed by atoms with van der Waals surface area (Å²) in [6, 6.07) is 7.24. The van der Waals surface area contributed by atoms with Crippen LogP contribution in [0.4, 0.5) is 11.4 Å². The molecule has 0 bridgehead atoms. The first kappa shape index (κ1) is 14.6. The molecule has 20 heavy (non-hydrogen) atoms. The molecule has 1 fully saturated rings. The molecule has 0 radical (unpaired) electrons. The molecule has 1 aliphatic carbocycles. The molecule has 1 saturated carbocycles. The van der Waals surface area contributed by atoms with E-state index < -0.39 is 0 Å². The van der Waals surface area contributed by atoms with Gasteiger partial charge in [-0.3, -0.25) is 9.59 Å². The zero-order valence-electron chi connectivity index (χ0n) is 11.9. The topological polar surface area (TPSA) is 58.2 Å². The third-order valence-corrected chi connectivity index (χ3v) is 3.72. The molecule has 0 aromatic heterocycles. The number of amides is 2. The van der Waals surface area contributed by atoms with Crippen LogP contribution in [0.1, 0.15) is 45.4 Å². The molecule has 1 aromatic carbocycles. The number of rotatable bonds is 5. The summed E-state index contributed by atoms with van der Waals surface area (Å²) in [5, 5.41) is 5.69. The molecule has 0 heterocycles. The molecule has 0 saturated heterocycles. The van der Waals surface area contributed by atoms with Gasteiger partial charge in [0.15, 0.2) is 0 Å². The van der Waals surface area contributed by atoms with Gasteiger partial charge in [-0.25, -0.2) is 0 Å². The second-order valence-corrected chi connectivity index (χ2v) is 5.38. The fourth-order valence-corrected chi connectivity index (χ4v) is 2.57. The quantitative estimate of drug-likeness (QED) is 0.862. The van der Waals surface area contributed by atoms with E-state index in [2.05, 4.69) is 10.6 Å². The Bertz CT molecular complexity index is 462. The van der Waals surface area contributed by atoms with E-state index in [1.54, 1.807) is 12.1 Å². The number of hydrogen-bond acceptors (Lipinski definition) is 2. The van der Waals surface area contributed by atoms with Crippen LogP contribution in [0.3, 0.4) is 0 Å². The van der Waals surface area contributed by atoms with Gasteiger partial charge in [0.1, 0.15) is 0 Å². The number of anilines is 2. The summed E-state index contributed by atoms with van der Waals surface area (Å²) in [5.74, 6) is 0.628. The van der Waals surface area contributed by atoms with Crippen LogP contribution >= 0.6 is 0 Å². The predicted octanol–water partition coefficient (Wildman–Crippen LogP) is 3.55. The molecule has 1 aromatic rings. The molecule has 1 aliphatic rings. The average molecular weight is 274 g/mol. The van der Waals surface area contributed by atoms with Crippen LogP contribution in [0.15, 0.2) is 24.3 Å². The van der Waals surface area contributed by atoms with Gasteiger partial charge in [-0.2, -0.15) is 0 Å². The average Bonchev–Trinajstić information content (AvgIpc) is 2.93. The molecule has 2 amide bonds. The van der Waals surface area contributed by atoms with Gasteiger partial charge in [-0.05, 0) is 43.0 Å². The van der Waals surface area contributed by atoms with E-state index in [1.807, 2.05) is 19.1 Å². The smallest absolute Gasteiger partial charge is 0.224 e. The lowest BCUT2D eigenvalue weighted by Crippen LogP contribution is -2.15. The first-order valence-corrected chi connectivity index (χ1v) is 7.37. The minimum atomic E-state index is -0.0111. The van der Waals surface area contributed by atoms with Crippen LogP contribution in [0, 0.1) is 5.92 Å². The van der Waals surface area contributed by atoms with Gasteiger partial charge in [0.25, 0.3) is 0 Å². The molecule has 4 nitrogen and oxygen atoms in total. The maximum atomic E-state index is 11.9. The molecule has 0 atom stereocenters. The highest BCUT2D eigenvalue weighted by molar-refractivity contribution is 5.92. The monoisotopic (exact) mass is 274 g/mol. The maximum absolute atomic E-state index is 11.9. The standard InChI is InChI=1S/C16H22N2O2/c1-2-15(19)17-13-7-9-14(10-8-13)18-16(20)11-12-5-3-4-6-12/h7-10,12H,2-6,11H2,1H3,(H,17,19)(H,18,20). The molecule has 0 unspecified atom stereocenters. The predicted molar refractivity (Wildman–Crippen MR) is 80.6 cm³/mol. The van der Waals surface area contributed by atoms with Gasteiger partial charge in [-0.1, -0.05) is 19.8 Å². The first-order chi connectivity index (χ1) is 9.67. The van der Waals surface area contributed by atoms with Gasteiger partial charge in [0.05, 0.1) is 0 Å². The second kappa shape index (κ2) is 7.08. The fraction of sp³-hybridized carbons (Fsp3) is 0.500. The number of carbonyl (C=O) groups is 2. The summed E-state index contributed by atoms with van der Waals surface area (Å²) in [6.45, 7) is 1.81. The number of hydrogen-bond donors (Lipinski definition) is 2. The first-order valence-electron chi connectivity index (χ1n) is 7.37. The summed E-state index contributed by atoms with van der Waals surface area (Å²) >= 11 is 0. The number of carbonyl (C=O) groups excluding carboxylic acids is 2. The van der Waals surface area contributed by atoms with Crippen molar-refractivity contribution in [2.75, 3.05) is 10.6 Å². The zero-order valence-corrected chi connectivity index (χ0v) is 11.9. The van der Waals surface area contributed by atoms with E-state index in [-0.39, 0.29) is 11.8 Å². The van der Waals surface area contributed by atoms with Crippen LogP contribution in [0.5, 0.6) is 0 Å². The molecular weight excluding hydrogens is 252 g/mol. The Morgan fingerprint density at radius 2 is 1.50 bits per heavy atom. The van der Waals surface area contributed by atoms with Gasteiger partial charge < -0.3 is 10.6 Å². The molecule has 2 N–H and O–H groups in total. The van der Waals surface area contributed by atoms with Crippen molar-refractivity contribution in [2.24, 2.45) is 5.92 Å². The number of nitrogens with one attached hydrogen (secondary N) is 2. The summed E-state index contributed by atoms with van der Waals surface area (Å²) < 4.78 is 0. The normalized spacial score (nSPS) is 15.1. The largest absolute Gasteiger partial charge is 0.326 e. The van der Waals surface area contributed by atoms with E-state index >= 15 is 0 Å². The SMILES string of the molecule is CCC(=O)Nc1ccc(NC(=O)CC2CCCC2)cc1. The Balaban J connectivity index is 1.83. The number of benzene rings is 1. The third-order valence-electron chi connectivity index (χ3n) is 3.72. The molecule has 0 spiro atoms. The Labute approximate surface area is 119 Å². The molecule has 108 valence electrons. The van der Waals surface area contributed by atoms with Crippen LogP contribution < -0.4 is 10.6 Å². The van der Waals surface area contributed by atoms with Crippen molar-refractivity contribution in [3.8, 4) is 0 Å². The Morgan fingerprint density at radius 3 is 2.00 bits per heavy atom. The molecule has 2 rings (SSSR count). The Kier molecular flexibility index (Phi) is 5.16.